The minimum atomic E-state index is 0.247. The zero-order valence-electron chi connectivity index (χ0n) is 14.4. The van der Waals surface area contributed by atoms with E-state index in [-0.39, 0.29) is 5.41 Å². The van der Waals surface area contributed by atoms with Crippen molar-refractivity contribution in [2.45, 2.75) is 58.5 Å². The molecule has 1 aromatic carbocycles. The summed E-state index contributed by atoms with van der Waals surface area (Å²) in [7, 11) is 2.11. The van der Waals surface area contributed by atoms with Gasteiger partial charge in [0.2, 0.25) is 0 Å². The molecule has 1 heterocycles. The highest BCUT2D eigenvalue weighted by Gasteiger charge is 2.26. The van der Waals surface area contributed by atoms with Gasteiger partial charge in [0.15, 0.2) is 0 Å². The Morgan fingerprint density at radius 1 is 1.19 bits per heavy atom. The summed E-state index contributed by atoms with van der Waals surface area (Å²) in [5.74, 6) is 0.789. The second kappa shape index (κ2) is 6.93. The molecule has 1 aromatic rings. The van der Waals surface area contributed by atoms with Gasteiger partial charge in [-0.25, -0.2) is 0 Å². The summed E-state index contributed by atoms with van der Waals surface area (Å²) in [5.41, 5.74) is 3.11. The zero-order valence-corrected chi connectivity index (χ0v) is 14.4. The van der Waals surface area contributed by atoms with E-state index in [0.29, 0.717) is 6.04 Å². The average molecular weight is 288 g/mol. The predicted octanol–water partition coefficient (Wildman–Crippen LogP) is 3.80. The average Bonchev–Trinajstić information content (AvgIpc) is 2.46. The van der Waals surface area contributed by atoms with Gasteiger partial charge >= 0.3 is 0 Å². The van der Waals surface area contributed by atoms with Crippen LogP contribution in [0.25, 0.3) is 0 Å². The van der Waals surface area contributed by atoms with E-state index in [2.05, 4.69) is 69.2 Å². The molecule has 0 saturated carbocycles. The Labute approximate surface area is 130 Å². The fourth-order valence-electron chi connectivity index (χ4n) is 3.41. The van der Waals surface area contributed by atoms with Crippen LogP contribution in [0.2, 0.25) is 0 Å². The number of nitrogens with zero attached hydrogens (tertiary/aromatic N) is 1. The molecule has 0 spiro atoms. The van der Waals surface area contributed by atoms with Crippen LogP contribution >= 0.6 is 0 Å². The van der Waals surface area contributed by atoms with Crippen molar-refractivity contribution in [3.05, 3.63) is 35.4 Å². The van der Waals surface area contributed by atoms with E-state index in [9.17, 15) is 0 Å². The number of nitrogens with one attached hydrogen (secondary N) is 1. The van der Waals surface area contributed by atoms with Gasteiger partial charge in [-0.3, -0.25) is 4.90 Å². The van der Waals surface area contributed by atoms with Crippen molar-refractivity contribution in [3.8, 4) is 0 Å². The van der Waals surface area contributed by atoms with Crippen LogP contribution in [0.4, 0.5) is 0 Å². The molecule has 2 unspecified atom stereocenters. The minimum Gasteiger partial charge on any atom is -0.317 e. The topological polar surface area (TPSA) is 15.3 Å². The molecule has 2 rings (SSSR count). The Morgan fingerprint density at radius 2 is 1.86 bits per heavy atom. The van der Waals surface area contributed by atoms with Crippen molar-refractivity contribution < 1.29 is 0 Å². The van der Waals surface area contributed by atoms with Gasteiger partial charge in [0, 0.05) is 19.1 Å². The van der Waals surface area contributed by atoms with E-state index < -0.39 is 0 Å². The number of likely N-dealkylation sites (tertiary alicyclic amines) is 1. The number of benzene rings is 1. The molecule has 0 amide bonds. The summed E-state index contributed by atoms with van der Waals surface area (Å²) in [4.78, 5) is 2.62. The molecular weight excluding hydrogens is 256 g/mol. The van der Waals surface area contributed by atoms with Gasteiger partial charge in [-0.1, -0.05) is 58.4 Å². The fourth-order valence-corrected chi connectivity index (χ4v) is 3.41. The fraction of sp³-hybridized carbons (Fsp3) is 0.684. The summed E-state index contributed by atoms with van der Waals surface area (Å²) in [6, 6.07) is 9.92. The molecule has 1 saturated heterocycles. The Bertz CT molecular complexity index is 430. The van der Waals surface area contributed by atoms with Crippen LogP contribution in [0, 0.1) is 5.92 Å². The monoisotopic (exact) mass is 288 g/mol. The maximum Gasteiger partial charge on any atom is 0.0233 e. The summed E-state index contributed by atoms with van der Waals surface area (Å²) in [5, 5.41) is 3.49. The van der Waals surface area contributed by atoms with Crippen LogP contribution in [-0.2, 0) is 12.0 Å². The number of piperidine rings is 1. The van der Waals surface area contributed by atoms with Crippen molar-refractivity contribution in [3.63, 3.8) is 0 Å². The van der Waals surface area contributed by atoms with Gasteiger partial charge in [-0.05, 0) is 42.5 Å². The van der Waals surface area contributed by atoms with Gasteiger partial charge in [-0.15, -0.1) is 0 Å². The van der Waals surface area contributed by atoms with Crippen LogP contribution < -0.4 is 5.32 Å². The highest BCUT2D eigenvalue weighted by Crippen LogP contribution is 2.24. The van der Waals surface area contributed by atoms with Crippen molar-refractivity contribution >= 4 is 0 Å². The third kappa shape index (κ3) is 4.31. The summed E-state index contributed by atoms with van der Waals surface area (Å²) in [6.07, 6.45) is 2.54. The van der Waals surface area contributed by atoms with Crippen molar-refractivity contribution in [2.24, 2.45) is 5.92 Å². The number of hydrogen-bond acceptors (Lipinski definition) is 2. The van der Waals surface area contributed by atoms with Gasteiger partial charge in [-0.2, -0.15) is 0 Å². The van der Waals surface area contributed by atoms with Crippen LogP contribution in [0.1, 0.15) is 51.7 Å². The molecule has 1 aliphatic heterocycles. The first-order valence-electron chi connectivity index (χ1n) is 8.43. The third-order valence-electron chi connectivity index (χ3n) is 4.94. The molecule has 0 aliphatic carbocycles. The van der Waals surface area contributed by atoms with E-state index in [1.54, 1.807) is 0 Å². The molecule has 21 heavy (non-hydrogen) atoms. The smallest absolute Gasteiger partial charge is 0.0233 e. The Hall–Kier alpha value is -0.860. The largest absolute Gasteiger partial charge is 0.317 e. The lowest BCUT2D eigenvalue weighted by Crippen LogP contribution is -2.47. The first kappa shape index (κ1) is 16.5. The number of rotatable bonds is 4. The highest BCUT2D eigenvalue weighted by atomic mass is 15.1. The summed E-state index contributed by atoms with van der Waals surface area (Å²) >= 11 is 0. The van der Waals surface area contributed by atoms with Crippen molar-refractivity contribution in [1.29, 1.82) is 0 Å². The van der Waals surface area contributed by atoms with Gasteiger partial charge in [0.05, 0.1) is 0 Å². The molecule has 1 aliphatic rings. The van der Waals surface area contributed by atoms with Crippen molar-refractivity contribution in [1.82, 2.24) is 10.2 Å². The quantitative estimate of drug-likeness (QED) is 0.906. The molecular formula is C19H32N2. The molecule has 1 fully saturated rings. The van der Waals surface area contributed by atoms with Crippen LogP contribution in [0.5, 0.6) is 0 Å². The summed E-state index contributed by atoms with van der Waals surface area (Å²) < 4.78 is 0. The Kier molecular flexibility index (Phi) is 5.45. The maximum atomic E-state index is 3.49. The van der Waals surface area contributed by atoms with E-state index in [1.165, 1.54) is 37.1 Å². The van der Waals surface area contributed by atoms with Crippen molar-refractivity contribution in [2.75, 3.05) is 20.1 Å². The third-order valence-corrected chi connectivity index (χ3v) is 4.94. The second-order valence-electron chi connectivity index (χ2n) is 7.53. The van der Waals surface area contributed by atoms with E-state index in [1.807, 2.05) is 0 Å². The minimum absolute atomic E-state index is 0.247. The first-order valence-corrected chi connectivity index (χ1v) is 8.43. The van der Waals surface area contributed by atoms with Gasteiger partial charge in [0.25, 0.3) is 0 Å². The zero-order chi connectivity index (χ0) is 15.5. The molecule has 118 valence electrons. The first-order chi connectivity index (χ1) is 9.94. The second-order valence-corrected chi connectivity index (χ2v) is 7.53. The van der Waals surface area contributed by atoms with E-state index in [4.69, 9.17) is 0 Å². The lowest BCUT2D eigenvalue weighted by atomic mass is 9.86. The van der Waals surface area contributed by atoms with Crippen LogP contribution in [0.3, 0.4) is 0 Å². The SMILES string of the molecule is CCC1CN(Cc2ccc(C(C)(C)C)cc2)CCC1NC. The maximum absolute atomic E-state index is 3.49. The lowest BCUT2D eigenvalue weighted by molar-refractivity contribution is 0.132. The molecule has 2 atom stereocenters. The summed E-state index contributed by atoms with van der Waals surface area (Å²) in [6.45, 7) is 12.7. The van der Waals surface area contributed by atoms with Gasteiger partial charge < -0.3 is 5.32 Å². The Balaban J connectivity index is 1.96. The molecule has 2 nitrogen and oxygen atoms in total. The van der Waals surface area contributed by atoms with Crippen LogP contribution in [0.15, 0.2) is 24.3 Å². The molecule has 1 N–H and O–H groups in total. The molecule has 2 heteroatoms. The molecule has 0 aromatic heterocycles. The normalized spacial score (nSPS) is 24.2. The lowest BCUT2D eigenvalue weighted by Gasteiger charge is -2.38. The molecule has 0 bridgehead atoms. The highest BCUT2D eigenvalue weighted by molar-refractivity contribution is 5.27. The van der Waals surface area contributed by atoms with E-state index >= 15 is 0 Å². The molecule has 0 radical (unpaired) electrons. The van der Waals surface area contributed by atoms with Gasteiger partial charge in [0.1, 0.15) is 0 Å². The Morgan fingerprint density at radius 3 is 2.38 bits per heavy atom. The predicted molar refractivity (Wildman–Crippen MR) is 91.7 cm³/mol. The van der Waals surface area contributed by atoms with E-state index in [0.717, 1.165) is 12.5 Å². The number of hydrogen-bond donors (Lipinski definition) is 1. The standard InChI is InChI=1S/C19H32N2/c1-6-16-14-21(12-11-18(16)20-5)13-15-7-9-17(10-8-15)19(2,3)4/h7-10,16,18,20H,6,11-14H2,1-5H3. The van der Waals surface area contributed by atoms with Crippen LogP contribution in [-0.4, -0.2) is 31.1 Å².